The highest BCUT2D eigenvalue weighted by molar-refractivity contribution is 8.32. The zero-order valence-corrected chi connectivity index (χ0v) is 19.6. The average Bonchev–Trinajstić information content (AvgIpc) is 2.84. The molecule has 0 N–H and O–H groups in total. The minimum absolute atomic E-state index is 0.861. The highest BCUT2D eigenvalue weighted by Gasteiger charge is 2.43. The van der Waals surface area contributed by atoms with Gasteiger partial charge in [-0.1, -0.05) is 145 Å². The van der Waals surface area contributed by atoms with Gasteiger partial charge < -0.3 is 0 Å². The number of rotatable bonds is 6. The van der Waals surface area contributed by atoms with E-state index in [0.717, 1.165) is 21.2 Å². The maximum absolute atomic E-state index is 17.1. The van der Waals surface area contributed by atoms with Crippen LogP contribution in [0.5, 0.6) is 0 Å². The van der Waals surface area contributed by atoms with Crippen LogP contribution in [0.2, 0.25) is 0 Å². The van der Waals surface area contributed by atoms with Crippen LogP contribution in [0, 0.1) is 0 Å². The largest absolute Gasteiger partial charge is 0.234 e. The smallest absolute Gasteiger partial charge is 0.171 e. The van der Waals surface area contributed by atoms with Gasteiger partial charge in [-0.25, -0.2) is 4.39 Å². The molecule has 0 nitrogen and oxygen atoms in total. The molecule has 0 bridgehead atoms. The number of alkyl halides is 1. The van der Waals surface area contributed by atoms with Gasteiger partial charge >= 0.3 is 0 Å². The molecule has 4 rings (SSSR count). The molecule has 0 heterocycles. The summed E-state index contributed by atoms with van der Waals surface area (Å²) in [7, 11) is 0. The van der Waals surface area contributed by atoms with Gasteiger partial charge in [0.05, 0.1) is 0 Å². The normalized spacial score (nSPS) is 12.1. The molecule has 0 amide bonds. The van der Waals surface area contributed by atoms with Crippen LogP contribution in [0.3, 0.4) is 0 Å². The number of hydrogen-bond acceptors (Lipinski definition) is 2. The fraction of sp³-hybridized carbons (Fsp3) is 0.0400. The molecular weight excluding hydrogens is 445 g/mol. The Morgan fingerprint density at radius 1 is 0.433 bits per heavy atom. The molecule has 150 valence electrons. The Labute approximate surface area is 187 Å². The van der Waals surface area contributed by atoms with E-state index in [1.165, 1.54) is 0 Å². The Morgan fingerprint density at radius 2 is 0.633 bits per heavy atom. The lowest BCUT2D eigenvalue weighted by Crippen LogP contribution is -2.30. The van der Waals surface area contributed by atoms with Gasteiger partial charge in [0.25, 0.3) is 0 Å². The van der Waals surface area contributed by atoms with Crippen LogP contribution in [0.15, 0.2) is 121 Å². The quantitative estimate of drug-likeness (QED) is 0.344. The predicted molar refractivity (Wildman–Crippen MR) is 138 cm³/mol. The van der Waals surface area contributed by atoms with E-state index in [1.54, 1.807) is 0 Å². The summed E-state index contributed by atoms with van der Waals surface area (Å²) in [5, 5.41) is 3.44. The first kappa shape index (κ1) is 21.3. The molecule has 0 atom stereocenters. The highest BCUT2D eigenvalue weighted by Crippen LogP contribution is 2.66. The van der Waals surface area contributed by atoms with Crippen LogP contribution < -0.4 is 21.2 Å². The van der Waals surface area contributed by atoms with E-state index >= 15 is 4.39 Å². The van der Waals surface area contributed by atoms with Crippen molar-refractivity contribution in [3.8, 4) is 0 Å². The lowest BCUT2D eigenvalue weighted by atomic mass is 10.4. The summed E-state index contributed by atoms with van der Waals surface area (Å²) in [5.74, 6) is 0. The minimum atomic E-state index is -2.86. The molecule has 0 fully saturated rings. The molecule has 0 aliphatic heterocycles. The van der Waals surface area contributed by atoms with Crippen molar-refractivity contribution < 1.29 is 4.39 Å². The molecular formula is C25H21FP2S2. The van der Waals surface area contributed by atoms with Gasteiger partial charge in [0.15, 0.2) is 5.65 Å². The zero-order chi connectivity index (χ0) is 21.0. The molecule has 5 heteroatoms. The van der Waals surface area contributed by atoms with E-state index in [9.17, 15) is 0 Å². The van der Waals surface area contributed by atoms with Crippen molar-refractivity contribution >= 4 is 56.9 Å². The van der Waals surface area contributed by atoms with Gasteiger partial charge in [0.2, 0.25) is 0 Å². The summed E-state index contributed by atoms with van der Waals surface area (Å²) in [4.78, 5) is 0. The van der Waals surface area contributed by atoms with E-state index in [2.05, 4.69) is 0 Å². The highest BCUT2D eigenvalue weighted by atomic mass is 32.5. The molecule has 0 aliphatic carbocycles. The number of hydrogen-bond donors (Lipinski definition) is 0. The fourth-order valence-electron chi connectivity index (χ4n) is 3.62. The van der Waals surface area contributed by atoms with E-state index in [4.69, 9.17) is 23.6 Å². The van der Waals surface area contributed by atoms with Crippen molar-refractivity contribution in [1.29, 1.82) is 0 Å². The Bertz CT molecular complexity index is 1010. The third-order valence-electron chi connectivity index (χ3n) is 5.16. The van der Waals surface area contributed by atoms with Crippen molar-refractivity contribution in [3.63, 3.8) is 0 Å². The third kappa shape index (κ3) is 3.77. The summed E-state index contributed by atoms with van der Waals surface area (Å²) in [6, 6.07) is 33.1. The molecule has 0 spiro atoms. The first-order valence-electron chi connectivity index (χ1n) is 9.64. The maximum atomic E-state index is 17.1. The Kier molecular flexibility index (Phi) is 6.46. The molecule has 0 aromatic heterocycles. The van der Waals surface area contributed by atoms with Crippen molar-refractivity contribution in [2.75, 3.05) is 0 Å². The molecule has 4 aromatic rings. The van der Waals surface area contributed by atoms with Gasteiger partial charge in [-0.05, 0) is 21.2 Å². The topological polar surface area (TPSA) is 0 Å². The third-order valence-corrected chi connectivity index (χ3v) is 17.3. The van der Waals surface area contributed by atoms with Gasteiger partial charge in [-0.15, -0.1) is 0 Å². The monoisotopic (exact) mass is 466 g/mol. The van der Waals surface area contributed by atoms with Crippen LogP contribution in [0.1, 0.15) is 0 Å². The van der Waals surface area contributed by atoms with Crippen LogP contribution in [0.25, 0.3) is 0 Å². The molecule has 30 heavy (non-hydrogen) atoms. The predicted octanol–water partition coefficient (Wildman–Crippen LogP) is 5.50. The average molecular weight is 467 g/mol. The molecule has 0 aliphatic rings. The van der Waals surface area contributed by atoms with Gasteiger partial charge in [0.1, 0.15) is 0 Å². The Morgan fingerprint density at radius 3 is 0.833 bits per heavy atom. The van der Waals surface area contributed by atoms with E-state index < -0.39 is 17.7 Å². The van der Waals surface area contributed by atoms with E-state index in [0.29, 0.717) is 0 Å². The van der Waals surface area contributed by atoms with E-state index in [-0.39, 0.29) is 0 Å². The summed E-state index contributed by atoms with van der Waals surface area (Å²) in [6.45, 7) is 0. The lowest BCUT2D eigenvalue weighted by molar-refractivity contribution is 0.558. The minimum Gasteiger partial charge on any atom is -0.234 e. The Balaban J connectivity index is 2.01. The van der Waals surface area contributed by atoms with Crippen LogP contribution in [-0.2, 0) is 23.6 Å². The van der Waals surface area contributed by atoms with Crippen molar-refractivity contribution in [2.24, 2.45) is 0 Å². The molecule has 0 saturated carbocycles. The standard InChI is InChI=1S/C25H21FP2S2/c26-25(27(29,21-13-5-1-6-14-21)22-15-7-2-8-16-22)28(30,23-17-9-3-10-18-23)24-19-11-4-12-20-24/h1-20,25H. The number of halogens is 1. The van der Waals surface area contributed by atoms with Gasteiger partial charge in [-0.3, -0.25) is 0 Å². The van der Waals surface area contributed by atoms with E-state index in [1.807, 2.05) is 121 Å². The van der Waals surface area contributed by atoms with Gasteiger partial charge in [-0.2, -0.15) is 0 Å². The van der Waals surface area contributed by atoms with Crippen LogP contribution in [0.4, 0.5) is 4.39 Å². The Hall–Kier alpha value is -1.89. The van der Waals surface area contributed by atoms with Gasteiger partial charge in [0, 0.05) is 12.1 Å². The molecule has 0 unspecified atom stereocenters. The van der Waals surface area contributed by atoms with Crippen LogP contribution >= 0.6 is 12.1 Å². The maximum Gasteiger partial charge on any atom is 0.171 e. The second kappa shape index (κ2) is 9.08. The lowest BCUT2D eigenvalue weighted by Gasteiger charge is -2.35. The first-order valence-corrected chi connectivity index (χ1v) is 15.4. The molecule has 0 radical (unpaired) electrons. The second-order valence-electron chi connectivity index (χ2n) is 6.97. The second-order valence-corrected chi connectivity index (χ2v) is 16.4. The molecule has 0 saturated heterocycles. The summed E-state index contributed by atoms with van der Waals surface area (Å²) in [5.41, 5.74) is -1.36. The summed E-state index contributed by atoms with van der Waals surface area (Å²) in [6.07, 6.45) is 0. The fourth-order valence-corrected chi connectivity index (χ4v) is 15.6. The number of benzene rings is 4. The summed E-state index contributed by atoms with van der Waals surface area (Å²) < 4.78 is 17.1. The van der Waals surface area contributed by atoms with Crippen molar-refractivity contribution in [3.05, 3.63) is 121 Å². The zero-order valence-electron chi connectivity index (χ0n) is 16.2. The van der Waals surface area contributed by atoms with Crippen molar-refractivity contribution in [1.82, 2.24) is 0 Å². The van der Waals surface area contributed by atoms with Crippen LogP contribution in [-0.4, -0.2) is 5.65 Å². The first-order chi connectivity index (χ1) is 14.6. The summed E-state index contributed by atoms with van der Waals surface area (Å²) >= 11 is 12.6. The molecule has 4 aromatic carbocycles. The SMILES string of the molecule is FC(P(=S)(c1ccccc1)c1ccccc1)P(=S)(c1ccccc1)c1ccccc1. The van der Waals surface area contributed by atoms with Crippen molar-refractivity contribution in [2.45, 2.75) is 5.65 Å².